The summed E-state index contributed by atoms with van der Waals surface area (Å²) in [6, 6.07) is 15.1. The highest BCUT2D eigenvalue weighted by Crippen LogP contribution is 2.34. The lowest BCUT2D eigenvalue weighted by Gasteiger charge is -2.17. The van der Waals surface area contributed by atoms with Crippen LogP contribution in [0.5, 0.6) is 11.5 Å². The molecule has 32 heavy (non-hydrogen) atoms. The van der Waals surface area contributed by atoms with Crippen LogP contribution in [0, 0.1) is 5.92 Å². The summed E-state index contributed by atoms with van der Waals surface area (Å²) in [5.41, 5.74) is 1.70. The summed E-state index contributed by atoms with van der Waals surface area (Å²) in [7, 11) is 4.84. The maximum atomic E-state index is 13.1. The van der Waals surface area contributed by atoms with Crippen molar-refractivity contribution in [2.75, 3.05) is 41.0 Å². The van der Waals surface area contributed by atoms with Gasteiger partial charge in [0, 0.05) is 37.7 Å². The van der Waals surface area contributed by atoms with Gasteiger partial charge in [0.15, 0.2) is 0 Å². The number of ether oxygens (including phenoxy) is 3. The standard InChI is InChI=1S/C24H27N3O5/c1-29-15-18-13-27(22(28)11-16-9-19(30-2)12-20(10-16)31-3)14-21(18)24-26-25-23(32-24)17-7-5-4-6-8-17/h4-10,12,18,21H,11,13-15H2,1-3H3/t18-,21+/m0/s1. The maximum absolute atomic E-state index is 13.1. The van der Waals surface area contributed by atoms with Crippen LogP contribution < -0.4 is 9.47 Å². The largest absolute Gasteiger partial charge is 0.497 e. The van der Waals surface area contributed by atoms with Gasteiger partial charge in [0.05, 0.1) is 33.2 Å². The summed E-state index contributed by atoms with van der Waals surface area (Å²) >= 11 is 0. The molecule has 0 bridgehead atoms. The molecule has 0 unspecified atom stereocenters. The second-order valence-corrected chi connectivity index (χ2v) is 7.83. The Kier molecular flexibility index (Phi) is 6.70. The molecule has 0 spiro atoms. The highest BCUT2D eigenvalue weighted by Gasteiger charge is 2.39. The van der Waals surface area contributed by atoms with Gasteiger partial charge in [-0.25, -0.2) is 0 Å². The zero-order valence-corrected chi connectivity index (χ0v) is 18.5. The Bertz CT molecular complexity index is 1030. The van der Waals surface area contributed by atoms with Crippen LogP contribution in [-0.4, -0.2) is 62.0 Å². The third-order valence-corrected chi connectivity index (χ3v) is 5.72. The van der Waals surface area contributed by atoms with E-state index in [0.717, 1.165) is 11.1 Å². The van der Waals surface area contributed by atoms with E-state index in [1.54, 1.807) is 27.4 Å². The van der Waals surface area contributed by atoms with Crippen molar-refractivity contribution in [1.82, 2.24) is 15.1 Å². The number of benzene rings is 2. The molecule has 1 aliphatic heterocycles. The van der Waals surface area contributed by atoms with Gasteiger partial charge < -0.3 is 23.5 Å². The molecule has 0 N–H and O–H groups in total. The van der Waals surface area contributed by atoms with Gasteiger partial charge >= 0.3 is 0 Å². The van der Waals surface area contributed by atoms with Crippen molar-refractivity contribution in [3.8, 4) is 23.0 Å². The molecule has 4 rings (SSSR count). The van der Waals surface area contributed by atoms with E-state index in [4.69, 9.17) is 18.6 Å². The number of carbonyl (C=O) groups is 1. The predicted molar refractivity (Wildman–Crippen MR) is 118 cm³/mol. The Labute approximate surface area is 187 Å². The number of methoxy groups -OCH3 is 3. The molecule has 8 heteroatoms. The zero-order chi connectivity index (χ0) is 22.5. The number of likely N-dealkylation sites (tertiary alicyclic amines) is 1. The van der Waals surface area contributed by atoms with E-state index in [1.165, 1.54) is 0 Å². The number of carbonyl (C=O) groups excluding carboxylic acids is 1. The molecule has 0 saturated carbocycles. The Hall–Kier alpha value is -3.39. The second kappa shape index (κ2) is 9.82. The summed E-state index contributed by atoms with van der Waals surface area (Å²) in [4.78, 5) is 14.9. The van der Waals surface area contributed by atoms with Crippen LogP contribution in [0.4, 0.5) is 0 Å². The highest BCUT2D eigenvalue weighted by molar-refractivity contribution is 5.79. The smallest absolute Gasteiger partial charge is 0.247 e. The van der Waals surface area contributed by atoms with E-state index >= 15 is 0 Å². The van der Waals surface area contributed by atoms with Gasteiger partial charge in [0.2, 0.25) is 17.7 Å². The number of hydrogen-bond donors (Lipinski definition) is 0. The minimum Gasteiger partial charge on any atom is -0.497 e. The maximum Gasteiger partial charge on any atom is 0.247 e. The van der Waals surface area contributed by atoms with E-state index in [1.807, 2.05) is 47.4 Å². The molecule has 1 amide bonds. The van der Waals surface area contributed by atoms with Gasteiger partial charge in [-0.3, -0.25) is 4.79 Å². The number of aromatic nitrogens is 2. The van der Waals surface area contributed by atoms with Crippen LogP contribution in [0.15, 0.2) is 52.9 Å². The first-order valence-corrected chi connectivity index (χ1v) is 10.5. The molecular weight excluding hydrogens is 410 g/mol. The molecule has 1 saturated heterocycles. The summed E-state index contributed by atoms with van der Waals surface area (Å²) in [6.07, 6.45) is 0.249. The molecule has 168 valence electrons. The SMILES string of the molecule is COC[C@@H]1CN(C(=O)Cc2cc(OC)cc(OC)c2)C[C@H]1c1nnc(-c2ccccc2)o1. The van der Waals surface area contributed by atoms with Crippen molar-refractivity contribution in [1.29, 1.82) is 0 Å². The van der Waals surface area contributed by atoms with Crippen LogP contribution >= 0.6 is 0 Å². The lowest BCUT2D eigenvalue weighted by atomic mass is 9.97. The zero-order valence-electron chi connectivity index (χ0n) is 18.5. The first-order valence-electron chi connectivity index (χ1n) is 10.5. The molecule has 1 fully saturated rings. The van der Waals surface area contributed by atoms with E-state index in [-0.39, 0.29) is 24.2 Å². The van der Waals surface area contributed by atoms with Gasteiger partial charge in [-0.1, -0.05) is 18.2 Å². The van der Waals surface area contributed by atoms with Crippen LogP contribution in [0.25, 0.3) is 11.5 Å². The number of nitrogens with zero attached hydrogens (tertiary/aromatic N) is 3. The minimum absolute atomic E-state index is 0.0201. The topological polar surface area (TPSA) is 86.9 Å². The van der Waals surface area contributed by atoms with Gasteiger partial charge in [0.25, 0.3) is 0 Å². The number of hydrogen-bond acceptors (Lipinski definition) is 7. The van der Waals surface area contributed by atoms with Gasteiger partial charge in [0.1, 0.15) is 11.5 Å². The summed E-state index contributed by atoms with van der Waals surface area (Å²) < 4.78 is 22.0. The molecule has 1 aliphatic rings. The van der Waals surface area contributed by atoms with Gasteiger partial charge in [-0.15, -0.1) is 10.2 Å². The Morgan fingerprint density at radius 3 is 2.41 bits per heavy atom. The molecule has 2 aromatic carbocycles. The van der Waals surface area contributed by atoms with Crippen LogP contribution in [0.2, 0.25) is 0 Å². The summed E-state index contributed by atoms with van der Waals surface area (Å²) in [5.74, 6) is 2.34. The monoisotopic (exact) mass is 437 g/mol. The van der Waals surface area contributed by atoms with Crippen molar-refractivity contribution in [2.45, 2.75) is 12.3 Å². The van der Waals surface area contributed by atoms with Crippen molar-refractivity contribution in [3.05, 3.63) is 60.0 Å². The molecule has 0 aliphatic carbocycles. The predicted octanol–water partition coefficient (Wildman–Crippen LogP) is 3.18. The third-order valence-electron chi connectivity index (χ3n) is 5.72. The minimum atomic E-state index is -0.0799. The van der Waals surface area contributed by atoms with Crippen molar-refractivity contribution < 1.29 is 23.4 Å². The molecule has 2 atom stereocenters. The Balaban J connectivity index is 1.50. The highest BCUT2D eigenvalue weighted by atomic mass is 16.5. The summed E-state index contributed by atoms with van der Waals surface area (Å²) in [6.45, 7) is 1.58. The Morgan fingerprint density at radius 2 is 1.75 bits per heavy atom. The van der Waals surface area contributed by atoms with Gasteiger partial charge in [-0.2, -0.15) is 0 Å². The Morgan fingerprint density at radius 1 is 1.03 bits per heavy atom. The molecule has 8 nitrogen and oxygen atoms in total. The number of amides is 1. The van der Waals surface area contributed by atoms with Crippen LogP contribution in [-0.2, 0) is 16.0 Å². The molecule has 0 radical (unpaired) electrons. The molecule has 2 heterocycles. The normalized spacial score (nSPS) is 18.0. The van der Waals surface area contributed by atoms with Crippen molar-refractivity contribution in [3.63, 3.8) is 0 Å². The third kappa shape index (κ3) is 4.75. The van der Waals surface area contributed by atoms with Gasteiger partial charge in [-0.05, 0) is 29.8 Å². The first kappa shape index (κ1) is 21.8. The fraction of sp³-hybridized carbons (Fsp3) is 0.375. The second-order valence-electron chi connectivity index (χ2n) is 7.83. The average molecular weight is 437 g/mol. The quantitative estimate of drug-likeness (QED) is 0.535. The average Bonchev–Trinajstić information content (AvgIpc) is 3.47. The van der Waals surface area contributed by atoms with Crippen molar-refractivity contribution >= 4 is 5.91 Å². The first-order chi connectivity index (χ1) is 15.6. The fourth-order valence-corrected chi connectivity index (χ4v) is 4.07. The molecule has 3 aromatic rings. The lowest BCUT2D eigenvalue weighted by molar-refractivity contribution is -0.129. The van der Waals surface area contributed by atoms with Crippen LogP contribution in [0.1, 0.15) is 17.4 Å². The summed E-state index contributed by atoms with van der Waals surface area (Å²) in [5, 5.41) is 8.50. The fourth-order valence-electron chi connectivity index (χ4n) is 4.07. The molecule has 1 aromatic heterocycles. The number of rotatable bonds is 8. The lowest BCUT2D eigenvalue weighted by Crippen LogP contribution is -2.30. The van der Waals surface area contributed by atoms with E-state index < -0.39 is 0 Å². The van der Waals surface area contributed by atoms with E-state index in [9.17, 15) is 4.79 Å². The van der Waals surface area contributed by atoms with Crippen LogP contribution in [0.3, 0.4) is 0 Å². The van der Waals surface area contributed by atoms with E-state index in [0.29, 0.717) is 43.0 Å². The molecular formula is C24H27N3O5. The van der Waals surface area contributed by atoms with Crippen molar-refractivity contribution in [2.24, 2.45) is 5.92 Å². The van der Waals surface area contributed by atoms with E-state index in [2.05, 4.69) is 10.2 Å².